The largest absolute Gasteiger partial charge is 0.454 e. The van der Waals surface area contributed by atoms with Gasteiger partial charge in [-0.15, -0.1) is 0 Å². The highest BCUT2D eigenvalue weighted by molar-refractivity contribution is 6.32. The van der Waals surface area contributed by atoms with Crippen LogP contribution < -0.4 is 10.6 Å². The standard InChI is InChI=1S/C16H20ClN3O6/c1-9(2)10(3)19-14(21)8-26-15(22)7-18-16(23)11-4-5-12(17)13(6-11)20(24)25/h4-6,9-10H,7-8H2,1-3H3,(H,18,23)(H,19,21)/t10-/m0/s1. The van der Waals surface area contributed by atoms with Crippen molar-refractivity contribution in [1.82, 2.24) is 10.6 Å². The van der Waals surface area contributed by atoms with E-state index in [-0.39, 0.29) is 22.5 Å². The maximum atomic E-state index is 11.9. The third-order valence-electron chi connectivity index (χ3n) is 3.55. The van der Waals surface area contributed by atoms with E-state index in [0.29, 0.717) is 0 Å². The molecule has 2 amide bonds. The smallest absolute Gasteiger partial charge is 0.325 e. The molecule has 0 aliphatic heterocycles. The number of hydrogen-bond acceptors (Lipinski definition) is 6. The van der Waals surface area contributed by atoms with Gasteiger partial charge < -0.3 is 15.4 Å². The summed E-state index contributed by atoms with van der Waals surface area (Å²) in [6.45, 7) is 4.76. The van der Waals surface area contributed by atoms with Crippen LogP contribution in [0.1, 0.15) is 31.1 Å². The first-order valence-electron chi connectivity index (χ1n) is 7.79. The Morgan fingerprint density at radius 2 is 1.92 bits per heavy atom. The highest BCUT2D eigenvalue weighted by Crippen LogP contribution is 2.24. The molecular formula is C16H20ClN3O6. The predicted octanol–water partition coefficient (Wildman–Crippen LogP) is 1.68. The average molecular weight is 386 g/mol. The summed E-state index contributed by atoms with van der Waals surface area (Å²) in [4.78, 5) is 45.2. The number of nitro groups is 1. The molecule has 1 aromatic carbocycles. The van der Waals surface area contributed by atoms with Gasteiger partial charge in [-0.3, -0.25) is 24.5 Å². The van der Waals surface area contributed by atoms with Crippen molar-refractivity contribution in [1.29, 1.82) is 0 Å². The van der Waals surface area contributed by atoms with Crippen molar-refractivity contribution < 1.29 is 24.0 Å². The van der Waals surface area contributed by atoms with E-state index in [9.17, 15) is 24.5 Å². The Labute approximate surface area is 155 Å². The third kappa shape index (κ3) is 6.67. The van der Waals surface area contributed by atoms with Crippen LogP contribution in [0.25, 0.3) is 0 Å². The summed E-state index contributed by atoms with van der Waals surface area (Å²) in [6, 6.07) is 3.44. The second-order valence-corrected chi connectivity index (χ2v) is 6.27. The lowest BCUT2D eigenvalue weighted by Crippen LogP contribution is -2.39. The van der Waals surface area contributed by atoms with E-state index < -0.39 is 41.5 Å². The minimum Gasteiger partial charge on any atom is -0.454 e. The Morgan fingerprint density at radius 3 is 2.50 bits per heavy atom. The van der Waals surface area contributed by atoms with Gasteiger partial charge in [0.2, 0.25) is 0 Å². The number of rotatable bonds is 8. The number of nitrogens with one attached hydrogen (secondary N) is 2. The molecule has 0 aliphatic rings. The van der Waals surface area contributed by atoms with Gasteiger partial charge in [-0.2, -0.15) is 0 Å². The number of ether oxygens (including phenoxy) is 1. The first-order chi connectivity index (χ1) is 12.1. The number of hydrogen-bond donors (Lipinski definition) is 2. The number of benzene rings is 1. The Kier molecular flexibility index (Phi) is 7.98. The van der Waals surface area contributed by atoms with Crippen molar-refractivity contribution in [3.63, 3.8) is 0 Å². The summed E-state index contributed by atoms with van der Waals surface area (Å²) < 4.78 is 4.76. The van der Waals surface area contributed by atoms with Gasteiger partial charge in [-0.05, 0) is 25.0 Å². The Hall–Kier alpha value is -2.68. The summed E-state index contributed by atoms with van der Waals surface area (Å²) in [6.07, 6.45) is 0. The van der Waals surface area contributed by atoms with Crippen LogP contribution in [0.2, 0.25) is 5.02 Å². The maximum Gasteiger partial charge on any atom is 0.325 e. The van der Waals surface area contributed by atoms with Crippen molar-refractivity contribution in [3.8, 4) is 0 Å². The number of esters is 1. The molecule has 26 heavy (non-hydrogen) atoms. The zero-order valence-corrected chi connectivity index (χ0v) is 15.3. The summed E-state index contributed by atoms with van der Waals surface area (Å²) in [5.74, 6) is -1.73. The average Bonchev–Trinajstić information content (AvgIpc) is 2.57. The van der Waals surface area contributed by atoms with Gasteiger partial charge in [0.05, 0.1) is 4.92 Å². The molecule has 0 bridgehead atoms. The monoisotopic (exact) mass is 385 g/mol. The lowest BCUT2D eigenvalue weighted by atomic mass is 10.1. The summed E-state index contributed by atoms with van der Waals surface area (Å²) >= 11 is 5.66. The molecule has 0 heterocycles. The summed E-state index contributed by atoms with van der Waals surface area (Å²) in [5, 5.41) is 15.6. The Balaban J connectivity index is 2.47. The molecule has 0 saturated carbocycles. The van der Waals surface area contributed by atoms with E-state index in [0.717, 1.165) is 6.07 Å². The molecule has 1 aromatic rings. The Bertz CT molecular complexity index is 707. The molecular weight excluding hydrogens is 366 g/mol. The van der Waals surface area contributed by atoms with E-state index >= 15 is 0 Å². The molecule has 1 rings (SSSR count). The second-order valence-electron chi connectivity index (χ2n) is 5.87. The van der Waals surface area contributed by atoms with E-state index in [4.69, 9.17) is 16.3 Å². The molecule has 0 spiro atoms. The fourth-order valence-electron chi connectivity index (χ4n) is 1.71. The molecule has 0 unspecified atom stereocenters. The van der Waals surface area contributed by atoms with Gasteiger partial charge >= 0.3 is 5.97 Å². The molecule has 0 radical (unpaired) electrons. The SMILES string of the molecule is CC(C)[C@H](C)NC(=O)COC(=O)CNC(=O)c1ccc(Cl)c([N+](=O)[O-])c1. The van der Waals surface area contributed by atoms with Gasteiger partial charge in [-0.25, -0.2) is 0 Å². The molecule has 142 valence electrons. The maximum absolute atomic E-state index is 11.9. The van der Waals surface area contributed by atoms with Crippen LogP contribution in [0.3, 0.4) is 0 Å². The Morgan fingerprint density at radius 1 is 1.27 bits per heavy atom. The lowest BCUT2D eigenvalue weighted by molar-refractivity contribution is -0.384. The molecule has 9 nitrogen and oxygen atoms in total. The first-order valence-corrected chi connectivity index (χ1v) is 8.16. The van der Waals surface area contributed by atoms with Crippen LogP contribution in [0.4, 0.5) is 5.69 Å². The van der Waals surface area contributed by atoms with Gasteiger partial charge in [0, 0.05) is 17.7 Å². The van der Waals surface area contributed by atoms with Crippen molar-refractivity contribution in [2.24, 2.45) is 5.92 Å². The molecule has 0 aromatic heterocycles. The highest BCUT2D eigenvalue weighted by atomic mass is 35.5. The molecule has 0 fully saturated rings. The molecule has 1 atom stereocenters. The van der Waals surface area contributed by atoms with Gasteiger partial charge in [0.25, 0.3) is 17.5 Å². The quantitative estimate of drug-likeness (QED) is 0.398. The van der Waals surface area contributed by atoms with Crippen LogP contribution in [-0.4, -0.2) is 41.9 Å². The number of nitro benzene ring substituents is 1. The zero-order valence-electron chi connectivity index (χ0n) is 14.6. The molecule has 10 heteroatoms. The fraction of sp³-hybridized carbons (Fsp3) is 0.438. The van der Waals surface area contributed by atoms with E-state index in [1.54, 1.807) is 0 Å². The van der Waals surface area contributed by atoms with E-state index in [1.807, 2.05) is 20.8 Å². The van der Waals surface area contributed by atoms with Crippen LogP contribution >= 0.6 is 11.6 Å². The number of carbonyl (C=O) groups is 3. The van der Waals surface area contributed by atoms with Crippen LogP contribution in [-0.2, 0) is 14.3 Å². The van der Waals surface area contributed by atoms with Gasteiger partial charge in [-0.1, -0.05) is 25.4 Å². The minimum absolute atomic E-state index is 0.0302. The zero-order chi connectivity index (χ0) is 19.9. The van der Waals surface area contributed by atoms with Gasteiger partial charge in [0.15, 0.2) is 6.61 Å². The normalized spacial score (nSPS) is 11.6. The van der Waals surface area contributed by atoms with Crippen LogP contribution in [0.15, 0.2) is 18.2 Å². The summed E-state index contributed by atoms with van der Waals surface area (Å²) in [5.41, 5.74) is -0.449. The van der Waals surface area contributed by atoms with Gasteiger partial charge in [0.1, 0.15) is 11.6 Å². The third-order valence-corrected chi connectivity index (χ3v) is 3.87. The highest BCUT2D eigenvalue weighted by Gasteiger charge is 2.17. The minimum atomic E-state index is -0.811. The van der Waals surface area contributed by atoms with Crippen molar-refractivity contribution >= 4 is 35.1 Å². The van der Waals surface area contributed by atoms with Crippen molar-refractivity contribution in [2.75, 3.05) is 13.2 Å². The van der Waals surface area contributed by atoms with Crippen molar-refractivity contribution in [3.05, 3.63) is 38.9 Å². The van der Waals surface area contributed by atoms with Crippen molar-refractivity contribution in [2.45, 2.75) is 26.8 Å². The summed E-state index contributed by atoms with van der Waals surface area (Å²) in [7, 11) is 0. The van der Waals surface area contributed by atoms with E-state index in [2.05, 4.69) is 10.6 Å². The molecule has 0 aliphatic carbocycles. The number of nitrogens with zero attached hydrogens (tertiary/aromatic N) is 1. The molecule has 2 N–H and O–H groups in total. The number of carbonyl (C=O) groups excluding carboxylic acids is 3. The topological polar surface area (TPSA) is 128 Å². The van der Waals surface area contributed by atoms with Crippen LogP contribution in [0, 0.1) is 16.0 Å². The molecule has 0 saturated heterocycles. The predicted molar refractivity (Wildman–Crippen MR) is 93.8 cm³/mol. The number of amides is 2. The van der Waals surface area contributed by atoms with E-state index in [1.165, 1.54) is 12.1 Å². The van der Waals surface area contributed by atoms with Crippen LogP contribution in [0.5, 0.6) is 0 Å². The first kappa shape index (κ1) is 21.4. The second kappa shape index (κ2) is 9.71. The fourth-order valence-corrected chi connectivity index (χ4v) is 1.89. The number of halogens is 1. The lowest BCUT2D eigenvalue weighted by Gasteiger charge is -2.17.